The summed E-state index contributed by atoms with van der Waals surface area (Å²) in [6.07, 6.45) is 2.46. The molecular formula is C22H38O7. The number of hydrogen-bond donors (Lipinski definition) is 0. The standard InChI is InChI=1S/C22H38O7/c1-20(2,3)27-17-13-11-15(25-18(23)28-21(4,5)6)10-12-16(14-17)26-19(24)29-22(7,8)9/h10,12,15-17H,11,13-14H2,1-9H3/b12-10+. The number of ether oxygens (including phenoxy) is 5. The molecule has 0 spiro atoms. The molecule has 7 heteroatoms. The average Bonchev–Trinajstić information content (AvgIpc) is 2.42. The maximum atomic E-state index is 12.1. The Kier molecular flexibility index (Phi) is 8.57. The van der Waals surface area contributed by atoms with Gasteiger partial charge in [0.15, 0.2) is 0 Å². The Balaban J connectivity index is 2.88. The lowest BCUT2D eigenvalue weighted by Gasteiger charge is -2.32. The van der Waals surface area contributed by atoms with Gasteiger partial charge in [-0.15, -0.1) is 0 Å². The van der Waals surface area contributed by atoms with Crippen LogP contribution in [-0.4, -0.2) is 47.4 Å². The molecular weight excluding hydrogens is 376 g/mol. The summed E-state index contributed by atoms with van der Waals surface area (Å²) in [4.78, 5) is 24.1. The molecule has 1 aliphatic rings. The van der Waals surface area contributed by atoms with E-state index in [0.717, 1.165) is 0 Å². The molecule has 0 aromatic rings. The SMILES string of the molecule is CC(C)(C)OC(=O)OC1/C=C/C(OC(=O)OC(C)(C)C)CC(OC(C)(C)C)CC1. The molecule has 0 saturated carbocycles. The highest BCUT2D eigenvalue weighted by atomic mass is 16.7. The molecule has 0 aromatic heterocycles. The van der Waals surface area contributed by atoms with Gasteiger partial charge in [-0.1, -0.05) is 0 Å². The van der Waals surface area contributed by atoms with E-state index in [1.807, 2.05) is 20.8 Å². The predicted octanol–water partition coefficient (Wildman–Crippen LogP) is 5.55. The van der Waals surface area contributed by atoms with Gasteiger partial charge in [0.25, 0.3) is 0 Å². The van der Waals surface area contributed by atoms with E-state index in [-0.39, 0.29) is 11.7 Å². The first-order valence-corrected chi connectivity index (χ1v) is 10.2. The van der Waals surface area contributed by atoms with Gasteiger partial charge in [0.05, 0.1) is 11.7 Å². The zero-order chi connectivity index (χ0) is 22.5. The monoisotopic (exact) mass is 414 g/mol. The molecule has 7 nitrogen and oxygen atoms in total. The molecule has 0 bridgehead atoms. The van der Waals surface area contributed by atoms with E-state index in [2.05, 4.69) is 0 Å². The second-order valence-electron chi connectivity index (χ2n) is 10.3. The fourth-order valence-electron chi connectivity index (χ4n) is 2.74. The maximum Gasteiger partial charge on any atom is 0.509 e. The molecule has 0 aromatic carbocycles. The average molecular weight is 415 g/mol. The minimum Gasteiger partial charge on any atom is -0.429 e. The Morgan fingerprint density at radius 3 is 1.59 bits per heavy atom. The normalized spacial score (nSPS) is 24.7. The van der Waals surface area contributed by atoms with Crippen LogP contribution in [0.15, 0.2) is 12.2 Å². The largest absolute Gasteiger partial charge is 0.509 e. The van der Waals surface area contributed by atoms with Gasteiger partial charge in [0, 0.05) is 6.42 Å². The first-order chi connectivity index (χ1) is 13.0. The smallest absolute Gasteiger partial charge is 0.429 e. The van der Waals surface area contributed by atoms with Crippen LogP contribution in [0.5, 0.6) is 0 Å². The van der Waals surface area contributed by atoms with Crippen LogP contribution in [0.1, 0.15) is 81.6 Å². The lowest BCUT2D eigenvalue weighted by molar-refractivity contribution is -0.0887. The third-order valence-corrected chi connectivity index (χ3v) is 3.60. The van der Waals surface area contributed by atoms with E-state index >= 15 is 0 Å². The van der Waals surface area contributed by atoms with E-state index in [1.54, 1.807) is 53.7 Å². The fraction of sp³-hybridized carbons (Fsp3) is 0.818. The first kappa shape index (κ1) is 25.3. The van der Waals surface area contributed by atoms with Crippen molar-refractivity contribution in [1.82, 2.24) is 0 Å². The molecule has 3 unspecified atom stereocenters. The molecule has 0 saturated heterocycles. The highest BCUT2D eigenvalue weighted by Gasteiger charge is 2.29. The summed E-state index contributed by atoms with van der Waals surface area (Å²) < 4.78 is 27.5. The summed E-state index contributed by atoms with van der Waals surface area (Å²) in [5.41, 5.74) is -1.64. The van der Waals surface area contributed by atoms with Crippen LogP contribution in [0.3, 0.4) is 0 Å². The van der Waals surface area contributed by atoms with E-state index in [4.69, 9.17) is 23.7 Å². The summed E-state index contributed by atoms with van der Waals surface area (Å²) in [5, 5.41) is 0. The predicted molar refractivity (Wildman–Crippen MR) is 110 cm³/mol. The van der Waals surface area contributed by atoms with Crippen molar-refractivity contribution in [3.05, 3.63) is 12.2 Å². The van der Waals surface area contributed by atoms with Gasteiger partial charge in [-0.25, -0.2) is 9.59 Å². The molecule has 0 fully saturated rings. The molecule has 0 aliphatic heterocycles. The fourth-order valence-corrected chi connectivity index (χ4v) is 2.74. The summed E-state index contributed by atoms with van der Waals surface area (Å²) in [6, 6.07) is 0. The lowest BCUT2D eigenvalue weighted by atomic mass is 9.98. The van der Waals surface area contributed by atoms with Crippen molar-refractivity contribution in [3.8, 4) is 0 Å². The van der Waals surface area contributed by atoms with Crippen molar-refractivity contribution in [2.45, 2.75) is 117 Å². The molecule has 0 heterocycles. The Hall–Kier alpha value is -1.76. The Labute approximate surface area is 175 Å². The van der Waals surface area contributed by atoms with Crippen LogP contribution in [-0.2, 0) is 23.7 Å². The Morgan fingerprint density at radius 1 is 0.690 bits per heavy atom. The molecule has 0 radical (unpaired) electrons. The second-order valence-corrected chi connectivity index (χ2v) is 10.3. The van der Waals surface area contributed by atoms with Crippen LogP contribution >= 0.6 is 0 Å². The highest BCUT2D eigenvalue weighted by molar-refractivity contribution is 5.61. The summed E-state index contributed by atoms with van der Waals surface area (Å²) in [5.74, 6) is 0. The molecule has 29 heavy (non-hydrogen) atoms. The zero-order valence-electron chi connectivity index (χ0n) is 19.4. The number of rotatable bonds is 3. The van der Waals surface area contributed by atoms with Gasteiger partial charge in [-0.3, -0.25) is 0 Å². The Morgan fingerprint density at radius 2 is 1.14 bits per heavy atom. The Bertz CT molecular complexity index is 575. The number of hydrogen-bond acceptors (Lipinski definition) is 7. The van der Waals surface area contributed by atoms with E-state index < -0.39 is 35.7 Å². The van der Waals surface area contributed by atoms with Gasteiger partial charge < -0.3 is 23.7 Å². The van der Waals surface area contributed by atoms with E-state index in [1.165, 1.54) is 0 Å². The molecule has 3 atom stereocenters. The van der Waals surface area contributed by atoms with E-state index in [9.17, 15) is 9.59 Å². The number of carbonyl (C=O) groups excluding carboxylic acids is 2. The zero-order valence-corrected chi connectivity index (χ0v) is 19.4. The lowest BCUT2D eigenvalue weighted by Crippen LogP contribution is -2.35. The van der Waals surface area contributed by atoms with Crippen LogP contribution in [0, 0.1) is 0 Å². The van der Waals surface area contributed by atoms with Gasteiger partial charge in [0.2, 0.25) is 0 Å². The van der Waals surface area contributed by atoms with Crippen molar-refractivity contribution in [3.63, 3.8) is 0 Å². The van der Waals surface area contributed by atoms with Crippen LogP contribution in [0.25, 0.3) is 0 Å². The highest BCUT2D eigenvalue weighted by Crippen LogP contribution is 2.25. The topological polar surface area (TPSA) is 80.3 Å². The van der Waals surface area contributed by atoms with E-state index in [0.29, 0.717) is 19.3 Å². The van der Waals surface area contributed by atoms with Crippen molar-refractivity contribution >= 4 is 12.3 Å². The van der Waals surface area contributed by atoms with Gasteiger partial charge in [-0.05, 0) is 87.3 Å². The van der Waals surface area contributed by atoms with Crippen molar-refractivity contribution in [2.24, 2.45) is 0 Å². The van der Waals surface area contributed by atoms with Crippen LogP contribution < -0.4 is 0 Å². The maximum absolute atomic E-state index is 12.1. The summed E-state index contributed by atoms with van der Waals surface area (Å²) in [6.45, 7) is 16.6. The molecule has 0 amide bonds. The first-order valence-electron chi connectivity index (χ1n) is 10.2. The van der Waals surface area contributed by atoms with Crippen LogP contribution in [0.2, 0.25) is 0 Å². The third kappa shape index (κ3) is 12.4. The minimum atomic E-state index is -0.744. The summed E-state index contributed by atoms with van der Waals surface area (Å²) in [7, 11) is 0. The summed E-state index contributed by atoms with van der Waals surface area (Å²) >= 11 is 0. The molecule has 168 valence electrons. The molecule has 0 N–H and O–H groups in total. The van der Waals surface area contributed by atoms with Crippen molar-refractivity contribution in [1.29, 1.82) is 0 Å². The minimum absolute atomic E-state index is 0.169. The van der Waals surface area contributed by atoms with Gasteiger partial charge in [-0.2, -0.15) is 0 Å². The van der Waals surface area contributed by atoms with Gasteiger partial charge >= 0.3 is 12.3 Å². The van der Waals surface area contributed by atoms with Crippen LogP contribution in [0.4, 0.5) is 9.59 Å². The van der Waals surface area contributed by atoms with Crippen molar-refractivity contribution in [2.75, 3.05) is 0 Å². The molecule has 1 rings (SSSR count). The molecule has 1 aliphatic carbocycles. The second kappa shape index (κ2) is 9.83. The van der Waals surface area contributed by atoms with Gasteiger partial charge in [0.1, 0.15) is 23.4 Å². The quantitative estimate of drug-likeness (QED) is 0.442. The number of carbonyl (C=O) groups is 2. The third-order valence-electron chi connectivity index (χ3n) is 3.60. The van der Waals surface area contributed by atoms with Crippen molar-refractivity contribution < 1.29 is 33.3 Å².